The van der Waals surface area contributed by atoms with Crippen LogP contribution in [0.5, 0.6) is 0 Å². The second kappa shape index (κ2) is 19.0. The van der Waals surface area contributed by atoms with Gasteiger partial charge in [0.25, 0.3) is 10.3 Å². The summed E-state index contributed by atoms with van der Waals surface area (Å²) in [5, 5.41) is 11.0. The first kappa shape index (κ1) is 41.8. The molecule has 22 heteroatoms. The zero-order valence-corrected chi connectivity index (χ0v) is 32.0. The molecule has 0 aliphatic carbocycles. The molecular weight excluding hydrogens is 789 g/mol. The standard InChI is InChI=1S/2C17H20F2N4O4S/c2*1-2-3-26-16(28)20-6-11-7-23(17(25)27-11)10-4-12(18)15(13(19)5-10)22-8-14(24)21-9-22/h2*4-5,11H,2-3,6-9H2,1H3,(H,20,28)(H,21,24)/t11-;/m1./s1. The Morgan fingerprint density at radius 2 is 1.05 bits per heavy atom. The highest BCUT2D eigenvalue weighted by Gasteiger charge is 2.36. The van der Waals surface area contributed by atoms with Crippen LogP contribution in [0.15, 0.2) is 24.3 Å². The molecule has 0 radical (unpaired) electrons. The van der Waals surface area contributed by atoms with Gasteiger partial charge in [-0.1, -0.05) is 13.8 Å². The summed E-state index contributed by atoms with van der Waals surface area (Å²) in [6.45, 7) is 5.26. The fourth-order valence-electron chi connectivity index (χ4n) is 5.84. The third-order valence-corrected chi connectivity index (χ3v) is 8.96. The van der Waals surface area contributed by atoms with E-state index in [1.165, 1.54) is 9.80 Å². The van der Waals surface area contributed by atoms with Gasteiger partial charge in [-0.05, 0) is 37.3 Å². The van der Waals surface area contributed by atoms with Crippen LogP contribution in [0.3, 0.4) is 0 Å². The molecule has 4 heterocycles. The first-order valence-electron chi connectivity index (χ1n) is 17.6. The van der Waals surface area contributed by atoms with E-state index in [-0.39, 0.29) is 97.5 Å². The first-order chi connectivity index (χ1) is 26.8. The third kappa shape index (κ3) is 10.5. The summed E-state index contributed by atoms with van der Waals surface area (Å²) >= 11 is 9.99. The quantitative estimate of drug-likeness (QED) is 0.182. The zero-order valence-electron chi connectivity index (χ0n) is 30.3. The van der Waals surface area contributed by atoms with Crippen LogP contribution in [0.25, 0.3) is 0 Å². The number of hydrogen-bond donors (Lipinski definition) is 4. The predicted octanol–water partition coefficient (Wildman–Crippen LogP) is 2.97. The van der Waals surface area contributed by atoms with E-state index in [4.69, 9.17) is 43.4 Å². The van der Waals surface area contributed by atoms with Crippen LogP contribution in [0.1, 0.15) is 26.7 Å². The minimum absolute atomic E-state index is 0.0194. The molecule has 56 heavy (non-hydrogen) atoms. The largest absolute Gasteiger partial charge is 0.471 e. The Balaban J connectivity index is 0.000000214. The number of cyclic esters (lactones) is 2. The molecule has 6 rings (SSSR count). The van der Waals surface area contributed by atoms with Gasteiger partial charge in [0.2, 0.25) is 11.8 Å². The summed E-state index contributed by atoms with van der Waals surface area (Å²) < 4.78 is 78.8. The molecule has 0 saturated carbocycles. The van der Waals surface area contributed by atoms with Crippen molar-refractivity contribution in [3.63, 3.8) is 0 Å². The van der Waals surface area contributed by atoms with Gasteiger partial charge in [0.15, 0.2) is 23.3 Å². The highest BCUT2D eigenvalue weighted by Crippen LogP contribution is 2.33. The van der Waals surface area contributed by atoms with Gasteiger partial charge in [-0.15, -0.1) is 0 Å². The van der Waals surface area contributed by atoms with E-state index in [0.29, 0.717) is 13.2 Å². The van der Waals surface area contributed by atoms with Gasteiger partial charge in [-0.25, -0.2) is 27.2 Å². The predicted molar refractivity (Wildman–Crippen MR) is 202 cm³/mol. The Kier molecular flexibility index (Phi) is 14.2. The molecule has 0 spiro atoms. The van der Waals surface area contributed by atoms with E-state index >= 15 is 0 Å². The summed E-state index contributed by atoms with van der Waals surface area (Å²) in [6, 6.07) is 4.20. The number of benzene rings is 2. The Morgan fingerprint density at radius 1 is 0.696 bits per heavy atom. The number of thiocarbonyl (C=S) groups is 2. The van der Waals surface area contributed by atoms with Gasteiger partial charge in [0.1, 0.15) is 23.6 Å². The summed E-state index contributed by atoms with van der Waals surface area (Å²) in [5.41, 5.74) is -0.554. The van der Waals surface area contributed by atoms with E-state index in [0.717, 1.165) is 46.9 Å². The van der Waals surface area contributed by atoms with E-state index in [2.05, 4.69) is 21.3 Å². The van der Waals surface area contributed by atoms with Crippen molar-refractivity contribution in [2.75, 3.05) is 85.4 Å². The molecule has 4 fully saturated rings. The fourth-order valence-corrected chi connectivity index (χ4v) is 6.17. The molecule has 16 nitrogen and oxygen atoms in total. The molecule has 4 N–H and O–H groups in total. The Morgan fingerprint density at radius 3 is 1.36 bits per heavy atom. The topological polar surface area (TPSA) is 166 Å². The molecule has 304 valence electrons. The van der Waals surface area contributed by atoms with Gasteiger partial charge in [-0.2, -0.15) is 0 Å². The Hall–Kier alpha value is -5.38. The summed E-state index contributed by atoms with van der Waals surface area (Å²) in [7, 11) is 0. The molecule has 0 bridgehead atoms. The number of carbonyl (C=O) groups excluding carboxylic acids is 4. The van der Waals surface area contributed by atoms with Crippen LogP contribution >= 0.6 is 24.4 Å². The zero-order chi connectivity index (χ0) is 40.5. The van der Waals surface area contributed by atoms with Crippen LogP contribution < -0.4 is 40.9 Å². The highest BCUT2D eigenvalue weighted by atomic mass is 32.1. The van der Waals surface area contributed by atoms with Crippen molar-refractivity contribution in [2.24, 2.45) is 0 Å². The normalized spacial score (nSPS) is 18.9. The lowest BCUT2D eigenvalue weighted by molar-refractivity contribution is -0.118. The van der Waals surface area contributed by atoms with Gasteiger partial charge in [0.05, 0.1) is 77.2 Å². The van der Waals surface area contributed by atoms with Crippen molar-refractivity contribution in [2.45, 2.75) is 38.9 Å². The van der Waals surface area contributed by atoms with Crippen LogP contribution in [-0.2, 0) is 28.5 Å². The Bertz CT molecular complexity index is 1670. The molecule has 2 atom stereocenters. The number of nitrogens with zero attached hydrogens (tertiary/aromatic N) is 4. The summed E-state index contributed by atoms with van der Waals surface area (Å²) in [5.74, 6) is -4.10. The number of nitrogens with one attached hydrogen (secondary N) is 4. The van der Waals surface area contributed by atoms with Crippen LogP contribution in [-0.4, -0.2) is 112 Å². The number of ether oxygens (including phenoxy) is 4. The molecule has 4 aliphatic rings. The van der Waals surface area contributed by atoms with Gasteiger partial charge >= 0.3 is 12.2 Å². The number of rotatable bonds is 12. The van der Waals surface area contributed by atoms with E-state index in [1.807, 2.05) is 13.8 Å². The minimum Gasteiger partial charge on any atom is -0.471 e. The van der Waals surface area contributed by atoms with Gasteiger partial charge < -0.3 is 50.0 Å². The van der Waals surface area contributed by atoms with E-state index in [1.54, 1.807) is 0 Å². The van der Waals surface area contributed by atoms with Crippen molar-refractivity contribution < 1.29 is 55.7 Å². The molecule has 0 aromatic heterocycles. The molecule has 2 aromatic rings. The van der Waals surface area contributed by atoms with Gasteiger partial charge in [0, 0.05) is 24.3 Å². The van der Waals surface area contributed by atoms with Crippen molar-refractivity contribution in [1.29, 1.82) is 0 Å². The fraction of sp³-hybridized carbons (Fsp3) is 0.471. The molecular formula is C34H40F4N8O8S2. The number of carbonyl (C=O) groups is 4. The second-order valence-electron chi connectivity index (χ2n) is 12.7. The monoisotopic (exact) mass is 828 g/mol. The summed E-state index contributed by atoms with van der Waals surface area (Å²) in [4.78, 5) is 51.6. The summed E-state index contributed by atoms with van der Waals surface area (Å²) in [6.07, 6.45) is -0.914. The third-order valence-electron chi connectivity index (χ3n) is 8.43. The minimum atomic E-state index is -0.866. The number of anilines is 4. The lowest BCUT2D eigenvalue weighted by atomic mass is 10.2. The first-order valence-corrected chi connectivity index (χ1v) is 18.4. The van der Waals surface area contributed by atoms with Crippen LogP contribution in [0.4, 0.5) is 49.9 Å². The molecule has 1 unspecified atom stereocenters. The van der Waals surface area contributed by atoms with E-state index < -0.39 is 47.7 Å². The maximum atomic E-state index is 14.5. The average molecular weight is 829 g/mol. The van der Waals surface area contributed by atoms with Crippen molar-refractivity contribution in [3.8, 4) is 0 Å². The molecule has 4 saturated heterocycles. The van der Waals surface area contributed by atoms with Crippen LogP contribution in [0.2, 0.25) is 0 Å². The number of halogens is 4. The SMILES string of the molecule is CCCOC(=S)NCC1CN(c2cc(F)c(N3CNC(=O)C3)c(F)c2)C(=O)O1.CCCOC(=S)NC[C@@H]1CN(c2cc(F)c(N3CNC(=O)C3)c(F)c2)C(=O)O1. The Labute approximate surface area is 329 Å². The molecule has 4 aliphatic heterocycles. The number of amides is 4. The van der Waals surface area contributed by atoms with Crippen molar-refractivity contribution in [3.05, 3.63) is 47.5 Å². The number of hydrogen-bond acceptors (Lipinski definition) is 12. The van der Waals surface area contributed by atoms with E-state index in [9.17, 15) is 36.7 Å². The lowest BCUT2D eigenvalue weighted by Gasteiger charge is -2.20. The maximum absolute atomic E-state index is 14.5. The van der Waals surface area contributed by atoms with Crippen LogP contribution in [0, 0.1) is 23.3 Å². The smallest absolute Gasteiger partial charge is 0.414 e. The average Bonchev–Trinajstić information content (AvgIpc) is 3.95. The lowest BCUT2D eigenvalue weighted by Crippen LogP contribution is -2.35. The molecule has 4 amide bonds. The van der Waals surface area contributed by atoms with Crippen molar-refractivity contribution >= 4 is 81.5 Å². The van der Waals surface area contributed by atoms with Crippen molar-refractivity contribution in [1.82, 2.24) is 21.3 Å². The maximum Gasteiger partial charge on any atom is 0.414 e. The van der Waals surface area contributed by atoms with Gasteiger partial charge in [-0.3, -0.25) is 19.4 Å². The second-order valence-corrected chi connectivity index (χ2v) is 13.4. The highest BCUT2D eigenvalue weighted by molar-refractivity contribution is 7.80. The molecule has 2 aromatic carbocycles.